The van der Waals surface area contributed by atoms with E-state index in [4.69, 9.17) is 0 Å². The second-order valence-electron chi connectivity index (χ2n) is 2.86. The van der Waals surface area contributed by atoms with E-state index in [0.717, 1.165) is 9.88 Å². The minimum absolute atomic E-state index is 0.407. The molecule has 13 heavy (non-hydrogen) atoms. The summed E-state index contributed by atoms with van der Waals surface area (Å²) in [5.41, 5.74) is 0. The van der Waals surface area contributed by atoms with Gasteiger partial charge in [-0.2, -0.15) is 4.31 Å². The van der Waals surface area contributed by atoms with Gasteiger partial charge in [-0.05, 0) is 6.92 Å². The first-order valence-corrected chi connectivity index (χ1v) is 6.38. The maximum atomic E-state index is 11.1. The van der Waals surface area contributed by atoms with Gasteiger partial charge in [0.15, 0.2) is 0 Å². The van der Waals surface area contributed by atoms with Crippen molar-refractivity contribution in [3.8, 4) is 0 Å². The molecule has 0 amide bonds. The standard InChI is InChI=1S/C7H12N2O2S2/c1-6-8-4-7(12-6)5-9(2)13(3,10)11/h4H,5H2,1-3H3. The van der Waals surface area contributed by atoms with Gasteiger partial charge in [-0.15, -0.1) is 11.3 Å². The summed E-state index contributed by atoms with van der Waals surface area (Å²) < 4.78 is 23.4. The highest BCUT2D eigenvalue weighted by Crippen LogP contribution is 2.14. The van der Waals surface area contributed by atoms with Crippen molar-refractivity contribution in [2.75, 3.05) is 13.3 Å². The molecule has 4 nitrogen and oxygen atoms in total. The number of aromatic nitrogens is 1. The lowest BCUT2D eigenvalue weighted by Crippen LogP contribution is -2.24. The highest BCUT2D eigenvalue weighted by molar-refractivity contribution is 7.88. The zero-order valence-electron chi connectivity index (χ0n) is 7.81. The summed E-state index contributed by atoms with van der Waals surface area (Å²) in [6.07, 6.45) is 2.91. The number of thiazole rings is 1. The average molecular weight is 220 g/mol. The predicted molar refractivity (Wildman–Crippen MR) is 53.2 cm³/mol. The number of hydrogen-bond acceptors (Lipinski definition) is 4. The van der Waals surface area contributed by atoms with Gasteiger partial charge < -0.3 is 0 Å². The Morgan fingerprint density at radius 1 is 1.62 bits per heavy atom. The Bertz CT molecular complexity index is 383. The lowest BCUT2D eigenvalue weighted by atomic mass is 10.5. The summed E-state index contributed by atoms with van der Waals surface area (Å²) in [6.45, 7) is 2.30. The lowest BCUT2D eigenvalue weighted by Gasteiger charge is -2.11. The molecule has 0 saturated carbocycles. The first kappa shape index (κ1) is 10.6. The van der Waals surface area contributed by atoms with Crippen LogP contribution in [0, 0.1) is 6.92 Å². The van der Waals surface area contributed by atoms with E-state index in [2.05, 4.69) is 4.98 Å². The molecule has 74 valence electrons. The minimum atomic E-state index is -3.08. The third kappa shape index (κ3) is 3.06. The quantitative estimate of drug-likeness (QED) is 0.758. The van der Waals surface area contributed by atoms with Gasteiger partial charge in [0.1, 0.15) is 0 Å². The van der Waals surface area contributed by atoms with Crippen molar-refractivity contribution in [2.45, 2.75) is 13.5 Å². The molecule has 6 heteroatoms. The van der Waals surface area contributed by atoms with Crippen LogP contribution in [0.4, 0.5) is 0 Å². The summed E-state index contributed by atoms with van der Waals surface area (Å²) in [7, 11) is -1.52. The molecule has 0 bridgehead atoms. The van der Waals surface area contributed by atoms with Crippen LogP contribution in [0.3, 0.4) is 0 Å². The fourth-order valence-electron chi connectivity index (χ4n) is 0.815. The largest absolute Gasteiger partial charge is 0.250 e. The van der Waals surface area contributed by atoms with E-state index >= 15 is 0 Å². The first-order valence-electron chi connectivity index (χ1n) is 3.72. The van der Waals surface area contributed by atoms with Gasteiger partial charge in [-0.25, -0.2) is 13.4 Å². The maximum Gasteiger partial charge on any atom is 0.211 e. The highest BCUT2D eigenvalue weighted by Gasteiger charge is 2.12. The Morgan fingerprint density at radius 2 is 2.23 bits per heavy atom. The Morgan fingerprint density at radius 3 is 2.62 bits per heavy atom. The van der Waals surface area contributed by atoms with Crippen molar-refractivity contribution >= 4 is 21.4 Å². The molecule has 0 saturated heterocycles. The van der Waals surface area contributed by atoms with E-state index in [1.807, 2.05) is 6.92 Å². The molecule has 0 N–H and O–H groups in total. The highest BCUT2D eigenvalue weighted by atomic mass is 32.2. The van der Waals surface area contributed by atoms with Gasteiger partial charge in [0.25, 0.3) is 0 Å². The Labute approximate surface area is 82.3 Å². The van der Waals surface area contributed by atoms with E-state index in [9.17, 15) is 8.42 Å². The number of aryl methyl sites for hydroxylation is 1. The zero-order chi connectivity index (χ0) is 10.1. The monoisotopic (exact) mass is 220 g/mol. The minimum Gasteiger partial charge on any atom is -0.250 e. The normalized spacial score (nSPS) is 12.3. The van der Waals surface area contributed by atoms with Crippen LogP contribution in [-0.4, -0.2) is 31.0 Å². The van der Waals surface area contributed by atoms with Crippen molar-refractivity contribution in [3.63, 3.8) is 0 Å². The summed E-state index contributed by atoms with van der Waals surface area (Å²) in [5.74, 6) is 0. The molecular formula is C7H12N2O2S2. The van der Waals surface area contributed by atoms with Crippen LogP contribution in [0.15, 0.2) is 6.20 Å². The Hall–Kier alpha value is -0.460. The third-order valence-corrected chi connectivity index (χ3v) is 3.77. The van der Waals surface area contributed by atoms with E-state index in [1.165, 1.54) is 21.9 Å². The molecule has 0 spiro atoms. The molecule has 1 rings (SSSR count). The molecule has 0 aliphatic rings. The molecule has 0 radical (unpaired) electrons. The van der Waals surface area contributed by atoms with Crippen molar-refractivity contribution in [1.82, 2.24) is 9.29 Å². The van der Waals surface area contributed by atoms with Gasteiger partial charge >= 0.3 is 0 Å². The van der Waals surface area contributed by atoms with Crippen LogP contribution < -0.4 is 0 Å². The van der Waals surface area contributed by atoms with Gasteiger partial charge in [0, 0.05) is 24.7 Å². The van der Waals surface area contributed by atoms with Gasteiger partial charge in [-0.3, -0.25) is 0 Å². The molecule has 1 heterocycles. The third-order valence-electron chi connectivity index (χ3n) is 1.61. The molecule has 1 aromatic heterocycles. The summed E-state index contributed by atoms with van der Waals surface area (Å²) in [4.78, 5) is 5.01. The van der Waals surface area contributed by atoms with Crippen LogP contribution in [0.25, 0.3) is 0 Å². The SMILES string of the molecule is Cc1ncc(CN(C)S(C)(=O)=O)s1. The Balaban J connectivity index is 2.71. The van der Waals surface area contributed by atoms with E-state index in [0.29, 0.717) is 6.54 Å². The Kier molecular flexibility index (Phi) is 3.05. The first-order chi connectivity index (χ1) is 5.89. The summed E-state index contributed by atoms with van der Waals surface area (Å²) in [6, 6.07) is 0. The molecule has 0 aromatic carbocycles. The molecule has 0 fully saturated rings. The number of hydrogen-bond donors (Lipinski definition) is 0. The van der Waals surface area contributed by atoms with E-state index < -0.39 is 10.0 Å². The molecule has 0 aliphatic carbocycles. The van der Waals surface area contributed by atoms with Gasteiger partial charge in [-0.1, -0.05) is 0 Å². The number of sulfonamides is 1. The van der Waals surface area contributed by atoms with E-state index in [-0.39, 0.29) is 0 Å². The van der Waals surface area contributed by atoms with E-state index in [1.54, 1.807) is 13.2 Å². The smallest absolute Gasteiger partial charge is 0.211 e. The predicted octanol–water partition coefficient (Wildman–Crippen LogP) is 0.843. The van der Waals surface area contributed by atoms with Gasteiger partial charge in [0.2, 0.25) is 10.0 Å². The fourth-order valence-corrected chi connectivity index (χ4v) is 2.12. The number of rotatable bonds is 3. The molecule has 0 aliphatic heterocycles. The number of nitrogens with zero attached hydrogens (tertiary/aromatic N) is 2. The van der Waals surface area contributed by atoms with Crippen LogP contribution in [0.2, 0.25) is 0 Å². The molecule has 0 atom stereocenters. The van der Waals surface area contributed by atoms with Crippen LogP contribution in [0.5, 0.6) is 0 Å². The summed E-state index contributed by atoms with van der Waals surface area (Å²) in [5, 5.41) is 0.955. The lowest BCUT2D eigenvalue weighted by molar-refractivity contribution is 0.475. The summed E-state index contributed by atoms with van der Waals surface area (Å²) >= 11 is 1.51. The molecular weight excluding hydrogens is 208 g/mol. The van der Waals surface area contributed by atoms with Gasteiger partial charge in [0.05, 0.1) is 11.3 Å². The second-order valence-corrected chi connectivity index (χ2v) is 6.27. The fraction of sp³-hybridized carbons (Fsp3) is 0.571. The second kappa shape index (κ2) is 3.73. The van der Waals surface area contributed by atoms with Crippen LogP contribution >= 0.6 is 11.3 Å². The van der Waals surface area contributed by atoms with Crippen LogP contribution in [-0.2, 0) is 16.6 Å². The maximum absolute atomic E-state index is 11.1. The molecule has 0 unspecified atom stereocenters. The van der Waals surface area contributed by atoms with Crippen molar-refractivity contribution in [1.29, 1.82) is 0 Å². The molecule has 1 aromatic rings. The topological polar surface area (TPSA) is 50.3 Å². The van der Waals surface area contributed by atoms with Crippen molar-refractivity contribution in [3.05, 3.63) is 16.1 Å². The zero-order valence-corrected chi connectivity index (χ0v) is 9.44. The van der Waals surface area contributed by atoms with Crippen molar-refractivity contribution in [2.24, 2.45) is 0 Å². The average Bonchev–Trinajstić information content (AvgIpc) is 2.33. The van der Waals surface area contributed by atoms with Crippen molar-refractivity contribution < 1.29 is 8.42 Å². The van der Waals surface area contributed by atoms with Crippen LogP contribution in [0.1, 0.15) is 9.88 Å².